The van der Waals surface area contributed by atoms with Gasteiger partial charge in [-0.25, -0.2) is 4.98 Å². The smallest absolute Gasteiger partial charge is 0.378 e. The van der Waals surface area contributed by atoms with Gasteiger partial charge in [0.25, 0.3) is 0 Å². The number of fused-ring (bicyclic) bond motifs is 1. The summed E-state index contributed by atoms with van der Waals surface area (Å²) in [6.07, 6.45) is -1.09. The van der Waals surface area contributed by atoms with E-state index in [1.807, 2.05) is 13.8 Å². The van der Waals surface area contributed by atoms with E-state index in [0.29, 0.717) is 44.7 Å². The number of pyridine rings is 1. The number of hydrogen-bond acceptors (Lipinski definition) is 5. The van der Waals surface area contributed by atoms with Crippen LogP contribution in [0.2, 0.25) is 0 Å². The van der Waals surface area contributed by atoms with Gasteiger partial charge in [-0.15, -0.1) is 0 Å². The minimum absolute atomic E-state index is 0.00216. The molecule has 0 aliphatic carbocycles. The van der Waals surface area contributed by atoms with Gasteiger partial charge in [-0.1, -0.05) is 0 Å². The van der Waals surface area contributed by atoms with Crippen LogP contribution in [0.15, 0.2) is 6.07 Å². The van der Waals surface area contributed by atoms with Gasteiger partial charge in [0.2, 0.25) is 5.91 Å². The number of nitrogens with one attached hydrogen (secondary N) is 2. The first-order valence-corrected chi connectivity index (χ1v) is 10.8. The number of alkyl halides is 3. The quantitative estimate of drug-likeness (QED) is 0.734. The van der Waals surface area contributed by atoms with E-state index < -0.39 is 11.7 Å². The third-order valence-electron chi connectivity index (χ3n) is 5.97. The summed E-state index contributed by atoms with van der Waals surface area (Å²) in [6, 6.07) is 1.08. The van der Waals surface area contributed by atoms with Gasteiger partial charge in [0.05, 0.1) is 23.5 Å². The second-order valence-electron chi connectivity index (χ2n) is 8.68. The Kier molecular flexibility index (Phi) is 6.09. The fraction of sp³-hybridized carbons (Fsp3) is 0.667. The normalized spacial score (nSPS) is 20.7. The van der Waals surface area contributed by atoms with Crippen LogP contribution in [0, 0.1) is 0 Å². The van der Waals surface area contributed by atoms with E-state index in [1.54, 1.807) is 4.90 Å². The molecule has 10 heteroatoms. The topological polar surface area (TPSA) is 83.1 Å². The molecule has 0 bridgehead atoms. The van der Waals surface area contributed by atoms with Crippen LogP contribution >= 0.6 is 0 Å². The lowest BCUT2D eigenvalue weighted by Crippen LogP contribution is -2.39. The third-order valence-corrected chi connectivity index (χ3v) is 5.97. The van der Waals surface area contributed by atoms with Crippen molar-refractivity contribution >= 4 is 22.8 Å². The first-order valence-electron chi connectivity index (χ1n) is 10.8. The number of amides is 1. The molecule has 2 aliphatic rings. The second-order valence-corrected chi connectivity index (χ2v) is 8.68. The number of halogens is 3. The zero-order valence-electron chi connectivity index (χ0n) is 17.8. The average Bonchev–Trinajstić information content (AvgIpc) is 3.36. The number of anilines is 1. The Morgan fingerprint density at radius 3 is 2.68 bits per heavy atom. The summed E-state index contributed by atoms with van der Waals surface area (Å²) in [5.41, 5.74) is -0.211. The Bertz CT molecular complexity index is 929. The lowest BCUT2D eigenvalue weighted by molar-refractivity contribution is -0.136. The van der Waals surface area contributed by atoms with Gasteiger partial charge in [-0.2, -0.15) is 18.3 Å². The Hall–Kier alpha value is -2.36. The largest absolute Gasteiger partial charge is 0.417 e. The van der Waals surface area contributed by atoms with E-state index in [2.05, 4.69) is 20.5 Å². The molecule has 2 aliphatic heterocycles. The number of aromatic amines is 1. The average molecular weight is 439 g/mol. The molecule has 1 amide bonds. The fourth-order valence-corrected chi connectivity index (χ4v) is 4.41. The number of carbonyl (C=O) groups excluding carboxylic acids is 1. The van der Waals surface area contributed by atoms with E-state index >= 15 is 0 Å². The van der Waals surface area contributed by atoms with Crippen molar-refractivity contribution in [2.24, 2.45) is 0 Å². The molecule has 2 aromatic heterocycles. The number of rotatable bonds is 5. The van der Waals surface area contributed by atoms with E-state index in [9.17, 15) is 18.0 Å². The van der Waals surface area contributed by atoms with E-state index in [4.69, 9.17) is 4.74 Å². The zero-order valence-corrected chi connectivity index (χ0v) is 17.8. The molecule has 0 saturated carbocycles. The highest BCUT2D eigenvalue weighted by Crippen LogP contribution is 2.39. The molecular weight excluding hydrogens is 411 g/mol. The van der Waals surface area contributed by atoms with Crippen LogP contribution in [0.1, 0.15) is 63.1 Å². The number of nitrogens with zero attached hydrogens (tertiary/aromatic N) is 3. The molecule has 1 atom stereocenters. The Morgan fingerprint density at radius 1 is 1.32 bits per heavy atom. The van der Waals surface area contributed by atoms with Crippen LogP contribution in [-0.4, -0.2) is 57.8 Å². The lowest BCUT2D eigenvalue weighted by atomic mass is 9.91. The Morgan fingerprint density at radius 2 is 2.06 bits per heavy atom. The molecular formula is C21H28F3N5O2. The molecule has 31 heavy (non-hydrogen) atoms. The van der Waals surface area contributed by atoms with Gasteiger partial charge in [0.1, 0.15) is 0 Å². The number of piperidine rings is 1. The lowest BCUT2D eigenvalue weighted by Gasteiger charge is -2.32. The van der Waals surface area contributed by atoms with Gasteiger partial charge < -0.3 is 15.0 Å². The van der Waals surface area contributed by atoms with Crippen LogP contribution in [0.4, 0.5) is 19.0 Å². The van der Waals surface area contributed by atoms with Crippen molar-refractivity contribution in [2.75, 3.05) is 25.0 Å². The van der Waals surface area contributed by atoms with Crippen molar-refractivity contribution in [2.45, 2.75) is 70.2 Å². The van der Waals surface area contributed by atoms with Crippen LogP contribution in [0.3, 0.4) is 0 Å². The number of aromatic nitrogens is 3. The molecule has 2 fully saturated rings. The third kappa shape index (κ3) is 4.78. The predicted molar refractivity (Wildman–Crippen MR) is 110 cm³/mol. The fourth-order valence-electron chi connectivity index (χ4n) is 4.41. The van der Waals surface area contributed by atoms with Crippen molar-refractivity contribution in [1.29, 1.82) is 0 Å². The summed E-state index contributed by atoms with van der Waals surface area (Å²) in [5.74, 6) is 0.0794. The number of likely N-dealkylation sites (tertiary alicyclic amines) is 1. The van der Waals surface area contributed by atoms with Gasteiger partial charge in [-0.05, 0) is 45.6 Å². The number of ether oxygens (including phenoxy) is 1. The monoisotopic (exact) mass is 439 g/mol. The number of hydrogen-bond donors (Lipinski definition) is 2. The van der Waals surface area contributed by atoms with Crippen molar-refractivity contribution in [3.8, 4) is 0 Å². The van der Waals surface area contributed by atoms with Crippen molar-refractivity contribution in [3.05, 3.63) is 17.3 Å². The first kappa shape index (κ1) is 21.9. The summed E-state index contributed by atoms with van der Waals surface area (Å²) in [6.45, 7) is 5.41. The minimum Gasteiger partial charge on any atom is -0.378 e. The van der Waals surface area contributed by atoms with Gasteiger partial charge in [0, 0.05) is 37.4 Å². The second kappa shape index (κ2) is 8.64. The van der Waals surface area contributed by atoms with Gasteiger partial charge >= 0.3 is 6.18 Å². The van der Waals surface area contributed by atoms with Gasteiger partial charge in [0.15, 0.2) is 11.5 Å². The van der Waals surface area contributed by atoms with E-state index in [1.165, 1.54) is 0 Å². The molecule has 2 aromatic rings. The summed E-state index contributed by atoms with van der Waals surface area (Å²) >= 11 is 0. The standard InChI is InChI=1S/C21H28F3N5O2/c1-12(2)25-19-18-15(21(22,23)24)11-16(26-20(18)28-27-19)13-5-7-29(8-6-13)17(30)10-14-4-3-9-31-14/h11-14H,3-10H2,1-2H3,(H2,25,26,27,28). The highest BCUT2D eigenvalue weighted by Gasteiger charge is 2.37. The molecule has 2 saturated heterocycles. The van der Waals surface area contributed by atoms with E-state index in [-0.39, 0.29) is 40.8 Å². The van der Waals surface area contributed by atoms with Crippen LogP contribution in [-0.2, 0) is 15.7 Å². The summed E-state index contributed by atoms with van der Waals surface area (Å²) in [7, 11) is 0. The maximum Gasteiger partial charge on any atom is 0.417 e. The Labute approximate surface area is 178 Å². The molecule has 2 N–H and O–H groups in total. The SMILES string of the molecule is CC(C)Nc1n[nH]c2nc(C3CCN(C(=O)CC4CCCO4)CC3)cc(C(F)(F)F)c12. The summed E-state index contributed by atoms with van der Waals surface area (Å²) in [4.78, 5) is 18.8. The molecule has 170 valence electrons. The van der Waals surface area contributed by atoms with Gasteiger partial charge in [-0.3, -0.25) is 9.89 Å². The molecule has 7 nitrogen and oxygen atoms in total. The summed E-state index contributed by atoms with van der Waals surface area (Å²) in [5, 5.41) is 9.58. The van der Waals surface area contributed by atoms with E-state index in [0.717, 1.165) is 18.9 Å². The maximum absolute atomic E-state index is 13.9. The summed E-state index contributed by atoms with van der Waals surface area (Å²) < 4.78 is 47.1. The molecule has 0 radical (unpaired) electrons. The molecule has 4 rings (SSSR count). The maximum atomic E-state index is 13.9. The molecule has 4 heterocycles. The molecule has 0 aromatic carbocycles. The number of carbonyl (C=O) groups is 1. The predicted octanol–water partition coefficient (Wildman–Crippen LogP) is 4.07. The van der Waals surface area contributed by atoms with Crippen molar-refractivity contribution in [3.63, 3.8) is 0 Å². The molecule has 1 unspecified atom stereocenters. The zero-order chi connectivity index (χ0) is 22.2. The highest BCUT2D eigenvalue weighted by molar-refractivity contribution is 5.91. The Balaban J connectivity index is 1.51. The van der Waals surface area contributed by atoms with Crippen LogP contribution in [0.25, 0.3) is 11.0 Å². The van der Waals surface area contributed by atoms with Crippen molar-refractivity contribution < 1.29 is 22.7 Å². The molecule has 0 spiro atoms. The number of H-pyrrole nitrogens is 1. The highest BCUT2D eigenvalue weighted by atomic mass is 19.4. The van der Waals surface area contributed by atoms with Crippen LogP contribution in [0.5, 0.6) is 0 Å². The van der Waals surface area contributed by atoms with Crippen LogP contribution < -0.4 is 5.32 Å². The minimum atomic E-state index is -4.52. The van der Waals surface area contributed by atoms with Crippen molar-refractivity contribution in [1.82, 2.24) is 20.1 Å². The first-order chi connectivity index (χ1) is 14.7.